The number of ether oxygens (including phenoxy) is 1. The van der Waals surface area contributed by atoms with Crippen LogP contribution in [0.4, 0.5) is 0 Å². The van der Waals surface area contributed by atoms with Crippen LogP contribution in [0.1, 0.15) is 29.8 Å². The minimum absolute atomic E-state index is 0.0307. The van der Waals surface area contributed by atoms with Crippen LogP contribution >= 0.6 is 0 Å². The van der Waals surface area contributed by atoms with Gasteiger partial charge in [-0.2, -0.15) is 5.10 Å². The van der Waals surface area contributed by atoms with Crippen LogP contribution in [0.2, 0.25) is 0 Å². The molecule has 0 spiro atoms. The Labute approximate surface area is 180 Å². The molecule has 7 heteroatoms. The summed E-state index contributed by atoms with van der Waals surface area (Å²) < 4.78 is 7.02. The first kappa shape index (κ1) is 19.2. The summed E-state index contributed by atoms with van der Waals surface area (Å²) in [6.45, 7) is 1.57. The quantitative estimate of drug-likeness (QED) is 0.504. The summed E-state index contributed by atoms with van der Waals surface area (Å²) in [6.07, 6.45) is 6.76. The number of hydrogen-bond acceptors (Lipinski definition) is 5. The molecule has 0 radical (unpaired) electrons. The van der Waals surface area contributed by atoms with Gasteiger partial charge in [-0.05, 0) is 61.7 Å². The molecular formula is C24H23N5O2. The van der Waals surface area contributed by atoms with Crippen LogP contribution in [-0.2, 0) is 0 Å². The topological polar surface area (TPSA) is 72.6 Å². The molecule has 4 aromatic rings. The normalized spacial score (nSPS) is 14.0. The Bertz CT molecular complexity index is 1210. The third-order valence-electron chi connectivity index (χ3n) is 5.65. The monoisotopic (exact) mass is 413 g/mol. The summed E-state index contributed by atoms with van der Waals surface area (Å²) in [4.78, 5) is 23.9. The average molecular weight is 413 g/mol. The van der Waals surface area contributed by atoms with E-state index in [-0.39, 0.29) is 5.91 Å². The third-order valence-corrected chi connectivity index (χ3v) is 5.65. The van der Waals surface area contributed by atoms with Gasteiger partial charge < -0.3 is 9.64 Å². The van der Waals surface area contributed by atoms with Crippen LogP contribution in [0.3, 0.4) is 0 Å². The fourth-order valence-electron chi connectivity index (χ4n) is 3.98. The molecular weight excluding hydrogens is 390 g/mol. The first-order valence-electron chi connectivity index (χ1n) is 10.5. The van der Waals surface area contributed by atoms with Gasteiger partial charge >= 0.3 is 0 Å². The van der Waals surface area contributed by atoms with E-state index in [1.165, 1.54) is 6.42 Å². The van der Waals surface area contributed by atoms with E-state index in [0.29, 0.717) is 11.3 Å². The first-order valence-corrected chi connectivity index (χ1v) is 10.5. The van der Waals surface area contributed by atoms with Crippen molar-refractivity contribution in [1.29, 1.82) is 0 Å². The number of carbonyl (C=O) groups excluding carboxylic acids is 1. The molecule has 0 saturated carbocycles. The second kappa shape index (κ2) is 8.18. The van der Waals surface area contributed by atoms with Crippen LogP contribution in [-0.4, -0.2) is 50.6 Å². The summed E-state index contributed by atoms with van der Waals surface area (Å²) in [5.74, 6) is 0.759. The van der Waals surface area contributed by atoms with Crippen molar-refractivity contribution in [3.8, 4) is 28.3 Å². The number of benzene rings is 1. The highest BCUT2D eigenvalue weighted by Gasteiger charge is 2.22. The number of carbonyl (C=O) groups is 1. The highest BCUT2D eigenvalue weighted by atomic mass is 16.5. The third kappa shape index (κ3) is 3.74. The van der Waals surface area contributed by atoms with Gasteiger partial charge in [-0.25, -0.2) is 9.50 Å². The Hall–Kier alpha value is -3.74. The molecule has 5 rings (SSSR count). The summed E-state index contributed by atoms with van der Waals surface area (Å²) in [6, 6.07) is 15.4. The van der Waals surface area contributed by atoms with E-state index in [4.69, 9.17) is 9.72 Å². The number of methoxy groups -OCH3 is 1. The fourth-order valence-corrected chi connectivity index (χ4v) is 3.98. The van der Waals surface area contributed by atoms with Gasteiger partial charge in [0, 0.05) is 42.7 Å². The van der Waals surface area contributed by atoms with Crippen molar-refractivity contribution in [2.75, 3.05) is 20.2 Å². The number of aromatic nitrogens is 4. The SMILES string of the molecule is COc1ccc(-c2cc(-c3ccncc3)n3nc(C(=O)N4CCCCC4)cc3n2)cc1. The molecule has 1 aliphatic rings. The van der Waals surface area contributed by atoms with Crippen molar-refractivity contribution in [2.24, 2.45) is 0 Å². The summed E-state index contributed by atoms with van der Waals surface area (Å²) in [5, 5.41) is 4.65. The molecule has 0 N–H and O–H groups in total. The molecule has 0 aliphatic carbocycles. The second-order valence-electron chi connectivity index (χ2n) is 7.64. The summed E-state index contributed by atoms with van der Waals surface area (Å²) in [5.41, 5.74) is 4.65. The minimum Gasteiger partial charge on any atom is -0.497 e. The number of rotatable bonds is 4. The van der Waals surface area contributed by atoms with E-state index in [1.54, 1.807) is 30.1 Å². The Kier molecular flexibility index (Phi) is 5.08. The van der Waals surface area contributed by atoms with E-state index in [0.717, 1.165) is 54.2 Å². The minimum atomic E-state index is -0.0307. The predicted molar refractivity (Wildman–Crippen MR) is 118 cm³/mol. The molecule has 1 amide bonds. The molecule has 1 aliphatic heterocycles. The maximum Gasteiger partial charge on any atom is 0.274 e. The van der Waals surface area contributed by atoms with Gasteiger partial charge in [-0.15, -0.1) is 0 Å². The molecule has 0 bridgehead atoms. The standard InChI is InChI=1S/C24H23N5O2/c1-31-19-7-5-17(6-8-19)20-15-22(18-9-11-25-12-10-18)29-23(26-20)16-21(27-29)24(30)28-13-3-2-4-14-28/h5-12,15-16H,2-4,13-14H2,1H3. The lowest BCUT2D eigenvalue weighted by molar-refractivity contribution is 0.0718. The van der Waals surface area contributed by atoms with Crippen molar-refractivity contribution in [2.45, 2.75) is 19.3 Å². The number of hydrogen-bond donors (Lipinski definition) is 0. The maximum atomic E-state index is 13.0. The van der Waals surface area contributed by atoms with Crippen LogP contribution in [0.25, 0.3) is 28.2 Å². The number of amides is 1. The molecule has 1 saturated heterocycles. The zero-order valence-corrected chi connectivity index (χ0v) is 17.4. The molecule has 0 atom stereocenters. The van der Waals surface area contributed by atoms with Gasteiger partial charge in [0.15, 0.2) is 11.3 Å². The van der Waals surface area contributed by atoms with Crippen molar-refractivity contribution < 1.29 is 9.53 Å². The maximum absolute atomic E-state index is 13.0. The van der Waals surface area contributed by atoms with Crippen molar-refractivity contribution in [3.05, 3.63) is 66.6 Å². The number of nitrogens with zero attached hydrogens (tertiary/aromatic N) is 5. The van der Waals surface area contributed by atoms with Gasteiger partial charge in [-0.3, -0.25) is 9.78 Å². The molecule has 1 fully saturated rings. The van der Waals surface area contributed by atoms with Crippen LogP contribution in [0, 0.1) is 0 Å². The van der Waals surface area contributed by atoms with Crippen LogP contribution in [0.5, 0.6) is 5.75 Å². The molecule has 31 heavy (non-hydrogen) atoms. The number of likely N-dealkylation sites (tertiary alicyclic amines) is 1. The highest BCUT2D eigenvalue weighted by Crippen LogP contribution is 2.28. The average Bonchev–Trinajstić information content (AvgIpc) is 3.28. The fraction of sp³-hybridized carbons (Fsp3) is 0.250. The van der Waals surface area contributed by atoms with E-state index in [9.17, 15) is 4.79 Å². The van der Waals surface area contributed by atoms with Gasteiger partial charge in [0.25, 0.3) is 5.91 Å². The van der Waals surface area contributed by atoms with Crippen LogP contribution in [0.15, 0.2) is 60.9 Å². The van der Waals surface area contributed by atoms with Gasteiger partial charge in [-0.1, -0.05) is 0 Å². The molecule has 0 unspecified atom stereocenters. The van der Waals surface area contributed by atoms with Crippen molar-refractivity contribution >= 4 is 11.6 Å². The smallest absolute Gasteiger partial charge is 0.274 e. The number of fused-ring (bicyclic) bond motifs is 1. The zero-order chi connectivity index (χ0) is 21.2. The first-order chi connectivity index (χ1) is 15.2. The Morgan fingerprint density at radius 3 is 2.39 bits per heavy atom. The summed E-state index contributed by atoms with van der Waals surface area (Å²) in [7, 11) is 1.65. The number of pyridine rings is 1. The van der Waals surface area contributed by atoms with E-state index in [2.05, 4.69) is 10.1 Å². The zero-order valence-electron chi connectivity index (χ0n) is 17.4. The summed E-state index contributed by atoms with van der Waals surface area (Å²) >= 11 is 0. The van der Waals surface area contributed by atoms with E-state index < -0.39 is 0 Å². The molecule has 3 aromatic heterocycles. The molecule has 7 nitrogen and oxygen atoms in total. The Morgan fingerprint density at radius 2 is 1.68 bits per heavy atom. The Balaban J connectivity index is 1.63. The van der Waals surface area contributed by atoms with Gasteiger partial charge in [0.1, 0.15) is 5.75 Å². The highest BCUT2D eigenvalue weighted by molar-refractivity contribution is 5.93. The lowest BCUT2D eigenvalue weighted by atomic mass is 10.1. The Morgan fingerprint density at radius 1 is 0.935 bits per heavy atom. The lowest BCUT2D eigenvalue weighted by Gasteiger charge is -2.25. The van der Waals surface area contributed by atoms with E-state index >= 15 is 0 Å². The largest absolute Gasteiger partial charge is 0.497 e. The van der Waals surface area contributed by atoms with E-state index in [1.807, 2.05) is 47.4 Å². The van der Waals surface area contributed by atoms with Gasteiger partial charge in [0.05, 0.1) is 18.5 Å². The lowest BCUT2D eigenvalue weighted by Crippen LogP contribution is -2.35. The molecule has 1 aromatic carbocycles. The van der Waals surface area contributed by atoms with Crippen molar-refractivity contribution in [1.82, 2.24) is 24.5 Å². The second-order valence-corrected chi connectivity index (χ2v) is 7.64. The van der Waals surface area contributed by atoms with Crippen LogP contribution < -0.4 is 4.74 Å². The predicted octanol–water partition coefficient (Wildman–Crippen LogP) is 4.09. The number of piperidine rings is 1. The van der Waals surface area contributed by atoms with Gasteiger partial charge in [0.2, 0.25) is 0 Å². The van der Waals surface area contributed by atoms with Crippen molar-refractivity contribution in [3.63, 3.8) is 0 Å². The molecule has 156 valence electrons. The molecule has 4 heterocycles.